The second-order valence-corrected chi connectivity index (χ2v) is 11.5. The van der Waals surface area contributed by atoms with Crippen LogP contribution in [0, 0.1) is 0 Å². The van der Waals surface area contributed by atoms with Crippen molar-refractivity contribution in [2.45, 2.75) is 103 Å². The first kappa shape index (κ1) is 33.6. The van der Waals surface area contributed by atoms with Gasteiger partial charge in [-0.2, -0.15) is 0 Å². The predicted molar refractivity (Wildman–Crippen MR) is 167 cm³/mol. The van der Waals surface area contributed by atoms with Crippen LogP contribution in [0.1, 0.15) is 102 Å². The van der Waals surface area contributed by atoms with E-state index < -0.39 is 5.63 Å². The number of unbranched alkanes of at least 4 members (excludes halogenated alkanes) is 12. The molecule has 3 N–H and O–H groups in total. The number of morpholine rings is 1. The van der Waals surface area contributed by atoms with Gasteiger partial charge < -0.3 is 24.9 Å². The van der Waals surface area contributed by atoms with Gasteiger partial charge in [-0.1, -0.05) is 84.0 Å². The molecule has 1 saturated heterocycles. The topological polar surface area (TPSA) is 121 Å². The van der Waals surface area contributed by atoms with E-state index in [0.717, 1.165) is 38.9 Å². The Morgan fingerprint density at radius 1 is 0.857 bits per heavy atom. The van der Waals surface area contributed by atoms with Gasteiger partial charge in [0, 0.05) is 50.1 Å². The summed E-state index contributed by atoms with van der Waals surface area (Å²) in [4.78, 5) is 39.6. The number of carbonyl (C=O) groups excluding carboxylic acids is 2. The highest BCUT2D eigenvalue weighted by Gasteiger charge is 2.16. The largest absolute Gasteiger partial charge is 0.506 e. The summed E-state index contributed by atoms with van der Waals surface area (Å²) in [6.45, 7) is 6.57. The summed E-state index contributed by atoms with van der Waals surface area (Å²) >= 11 is 0. The Bertz CT molecular complexity index is 1160. The Labute approximate surface area is 250 Å². The molecule has 0 radical (unpaired) electrons. The Morgan fingerprint density at radius 2 is 1.48 bits per heavy atom. The number of ether oxygens (including phenoxy) is 1. The number of hydrogen-bond donors (Lipinski definition) is 3. The normalized spacial score (nSPS) is 13.8. The van der Waals surface area contributed by atoms with Crippen molar-refractivity contribution in [3.8, 4) is 5.75 Å². The van der Waals surface area contributed by atoms with E-state index in [2.05, 4.69) is 22.5 Å². The fourth-order valence-corrected chi connectivity index (χ4v) is 5.44. The quantitative estimate of drug-likeness (QED) is 0.100. The van der Waals surface area contributed by atoms with Crippen molar-refractivity contribution in [1.82, 2.24) is 10.2 Å². The van der Waals surface area contributed by atoms with E-state index in [1.807, 2.05) is 0 Å². The number of amides is 2. The predicted octanol–water partition coefficient (Wildman–Crippen LogP) is 5.91. The third kappa shape index (κ3) is 12.5. The zero-order valence-corrected chi connectivity index (χ0v) is 25.5. The van der Waals surface area contributed by atoms with Crippen LogP contribution in [0.5, 0.6) is 5.75 Å². The molecule has 234 valence electrons. The number of hydrogen-bond acceptors (Lipinski definition) is 7. The average Bonchev–Trinajstić information content (AvgIpc) is 2.96. The van der Waals surface area contributed by atoms with Crippen LogP contribution in [0.4, 0.5) is 5.69 Å². The van der Waals surface area contributed by atoms with E-state index in [1.165, 1.54) is 76.3 Å². The molecule has 0 saturated carbocycles. The lowest BCUT2D eigenvalue weighted by Crippen LogP contribution is -2.41. The van der Waals surface area contributed by atoms with E-state index >= 15 is 0 Å². The van der Waals surface area contributed by atoms with Gasteiger partial charge in [-0.05, 0) is 18.1 Å². The summed E-state index contributed by atoms with van der Waals surface area (Å²) in [5.74, 6) is -0.569. The number of aromatic hydroxyl groups is 1. The van der Waals surface area contributed by atoms with Gasteiger partial charge in [0.25, 0.3) is 0 Å². The SMILES string of the molecule is CCCCCCCCCCCCCCCC(=O)Nc1cc2c(CC(=O)NCCN3CCOCC3)cc(=O)oc2cc1O. The molecule has 2 amide bonds. The lowest BCUT2D eigenvalue weighted by molar-refractivity contribution is -0.120. The molecule has 0 aliphatic carbocycles. The fraction of sp³-hybridized carbons (Fsp3) is 0.667. The number of carbonyl (C=O) groups is 2. The number of rotatable bonds is 20. The number of nitrogens with one attached hydrogen (secondary N) is 2. The minimum Gasteiger partial charge on any atom is -0.506 e. The minimum absolute atomic E-state index is 0.0116. The van der Waals surface area contributed by atoms with Crippen LogP contribution in [0.25, 0.3) is 11.0 Å². The fourth-order valence-electron chi connectivity index (χ4n) is 5.44. The maximum atomic E-state index is 12.6. The van der Waals surface area contributed by atoms with Crippen LogP contribution in [-0.4, -0.2) is 61.2 Å². The highest BCUT2D eigenvalue weighted by molar-refractivity contribution is 5.97. The molecule has 2 heterocycles. The number of benzene rings is 1. The molecule has 2 aromatic rings. The Morgan fingerprint density at radius 3 is 2.12 bits per heavy atom. The van der Waals surface area contributed by atoms with Crippen molar-refractivity contribution >= 4 is 28.5 Å². The maximum Gasteiger partial charge on any atom is 0.336 e. The van der Waals surface area contributed by atoms with E-state index in [1.54, 1.807) is 6.07 Å². The Hall–Kier alpha value is -2.91. The summed E-state index contributed by atoms with van der Waals surface area (Å²) in [5.41, 5.74) is 0.296. The smallest absolute Gasteiger partial charge is 0.336 e. The zero-order valence-electron chi connectivity index (χ0n) is 25.5. The van der Waals surface area contributed by atoms with Gasteiger partial charge in [0.15, 0.2) is 0 Å². The van der Waals surface area contributed by atoms with Gasteiger partial charge in [-0.15, -0.1) is 0 Å². The maximum absolute atomic E-state index is 12.6. The zero-order chi connectivity index (χ0) is 30.0. The number of phenols is 1. The summed E-state index contributed by atoms with van der Waals surface area (Å²) in [5, 5.41) is 16.7. The van der Waals surface area contributed by atoms with Crippen LogP contribution in [0.2, 0.25) is 0 Å². The van der Waals surface area contributed by atoms with Gasteiger partial charge in [-0.3, -0.25) is 14.5 Å². The summed E-state index contributed by atoms with van der Waals surface area (Å²) in [6, 6.07) is 4.18. The van der Waals surface area contributed by atoms with Gasteiger partial charge in [0.2, 0.25) is 11.8 Å². The highest BCUT2D eigenvalue weighted by atomic mass is 16.5. The van der Waals surface area contributed by atoms with E-state index in [0.29, 0.717) is 37.1 Å². The van der Waals surface area contributed by atoms with Crippen LogP contribution < -0.4 is 16.3 Å². The molecule has 0 bridgehead atoms. The number of phenolic OH excluding ortho intramolecular Hbond substituents is 1. The lowest BCUT2D eigenvalue weighted by atomic mass is 10.0. The molecule has 1 aromatic heterocycles. The van der Waals surface area contributed by atoms with Gasteiger partial charge >= 0.3 is 5.63 Å². The van der Waals surface area contributed by atoms with Crippen molar-refractivity contribution < 1.29 is 23.8 Å². The van der Waals surface area contributed by atoms with Crippen molar-refractivity contribution in [2.75, 3.05) is 44.7 Å². The van der Waals surface area contributed by atoms with Gasteiger partial charge in [0.05, 0.1) is 25.3 Å². The summed E-state index contributed by atoms with van der Waals surface area (Å²) < 4.78 is 10.6. The van der Waals surface area contributed by atoms with Crippen molar-refractivity contribution in [3.05, 3.63) is 34.2 Å². The monoisotopic (exact) mass is 585 g/mol. The summed E-state index contributed by atoms with van der Waals surface area (Å²) in [6.07, 6.45) is 16.5. The molecule has 0 spiro atoms. The molecule has 1 fully saturated rings. The van der Waals surface area contributed by atoms with Crippen LogP contribution in [-0.2, 0) is 20.7 Å². The Kier molecular flexibility index (Phi) is 15.4. The average molecular weight is 586 g/mol. The standard InChI is InChI=1S/C33H51N3O6/c1-2-3-4-5-6-7-8-9-10-11-12-13-14-15-31(38)35-28-24-27-26(23-33(40)42-30(27)25-29(28)37)22-32(39)34-16-17-36-18-20-41-21-19-36/h23-25,37H,2-22H2,1H3,(H,34,39)(H,35,38). The van der Waals surface area contributed by atoms with Gasteiger partial charge in [-0.25, -0.2) is 4.79 Å². The first-order valence-corrected chi connectivity index (χ1v) is 16.1. The van der Waals surface area contributed by atoms with E-state index in [9.17, 15) is 19.5 Å². The minimum atomic E-state index is -0.600. The highest BCUT2D eigenvalue weighted by Crippen LogP contribution is 2.31. The molecule has 0 atom stereocenters. The Balaban J connectivity index is 1.39. The first-order chi connectivity index (χ1) is 20.5. The molecule has 1 aliphatic rings. The number of nitrogens with zero attached hydrogens (tertiary/aromatic N) is 1. The van der Waals surface area contributed by atoms with Crippen LogP contribution in [0.3, 0.4) is 0 Å². The third-order valence-corrected chi connectivity index (χ3v) is 7.93. The molecular formula is C33H51N3O6. The van der Waals surface area contributed by atoms with E-state index in [4.69, 9.17) is 9.15 Å². The van der Waals surface area contributed by atoms with Crippen LogP contribution in [0.15, 0.2) is 27.4 Å². The van der Waals surface area contributed by atoms with E-state index in [-0.39, 0.29) is 35.3 Å². The molecule has 1 aliphatic heterocycles. The van der Waals surface area contributed by atoms with Crippen molar-refractivity contribution in [2.24, 2.45) is 0 Å². The van der Waals surface area contributed by atoms with Gasteiger partial charge in [0.1, 0.15) is 11.3 Å². The second kappa shape index (κ2) is 19.3. The second-order valence-electron chi connectivity index (χ2n) is 11.5. The molecule has 3 rings (SSSR count). The first-order valence-electron chi connectivity index (χ1n) is 16.1. The molecule has 1 aromatic carbocycles. The van der Waals surface area contributed by atoms with Crippen molar-refractivity contribution in [3.63, 3.8) is 0 Å². The number of fused-ring (bicyclic) bond motifs is 1. The molecule has 0 unspecified atom stereocenters. The molecular weight excluding hydrogens is 534 g/mol. The van der Waals surface area contributed by atoms with Crippen LogP contribution >= 0.6 is 0 Å². The molecule has 9 heteroatoms. The third-order valence-electron chi connectivity index (χ3n) is 7.93. The molecule has 42 heavy (non-hydrogen) atoms. The van der Waals surface area contributed by atoms with Crippen molar-refractivity contribution in [1.29, 1.82) is 0 Å². The molecule has 9 nitrogen and oxygen atoms in total. The lowest BCUT2D eigenvalue weighted by Gasteiger charge is -2.26. The number of anilines is 1. The summed E-state index contributed by atoms with van der Waals surface area (Å²) in [7, 11) is 0.